The molecule has 1 aliphatic rings. The minimum Gasteiger partial charge on any atom is -0.305 e. The first kappa shape index (κ1) is 11.1. The smallest absolute Gasteiger partial charge is 0.292 e. The van der Waals surface area contributed by atoms with E-state index in [4.69, 9.17) is 5.26 Å². The summed E-state index contributed by atoms with van der Waals surface area (Å²) in [7, 11) is 0. The zero-order valence-electron chi connectivity index (χ0n) is 8.87. The van der Waals surface area contributed by atoms with E-state index in [1.165, 1.54) is 17.0 Å². The summed E-state index contributed by atoms with van der Waals surface area (Å²) in [6.45, 7) is 0.222. The van der Waals surface area contributed by atoms with Gasteiger partial charge >= 0.3 is 0 Å². The lowest BCUT2D eigenvalue weighted by Gasteiger charge is -2.15. The lowest BCUT2D eigenvalue weighted by molar-refractivity contribution is -0.384. The lowest BCUT2D eigenvalue weighted by Crippen LogP contribution is -2.25. The highest BCUT2D eigenvalue weighted by Crippen LogP contribution is 2.32. The molecule has 0 saturated carbocycles. The van der Waals surface area contributed by atoms with Crippen LogP contribution in [-0.4, -0.2) is 17.4 Å². The number of anilines is 1. The van der Waals surface area contributed by atoms with Crippen LogP contribution >= 0.6 is 0 Å². The van der Waals surface area contributed by atoms with E-state index in [1.54, 1.807) is 12.1 Å². The fraction of sp³-hybridized carbons (Fsp3) is 0.273. The second kappa shape index (κ2) is 4.22. The predicted octanol–water partition coefficient (Wildman–Crippen LogP) is 1.47. The Kier molecular flexibility index (Phi) is 2.75. The number of nitriles is 1. The summed E-state index contributed by atoms with van der Waals surface area (Å²) in [5, 5.41) is 19.6. The summed E-state index contributed by atoms with van der Waals surface area (Å²) >= 11 is 0. The third-order valence-corrected chi connectivity index (χ3v) is 2.68. The molecular formula is C11H9N3O3. The molecule has 17 heavy (non-hydrogen) atoms. The van der Waals surface area contributed by atoms with E-state index in [9.17, 15) is 14.9 Å². The Balaban J connectivity index is 2.39. The normalized spacial score (nSPS) is 19.1. The van der Waals surface area contributed by atoms with Gasteiger partial charge in [-0.05, 0) is 6.07 Å². The van der Waals surface area contributed by atoms with Crippen LogP contribution in [-0.2, 0) is 4.79 Å². The minimum absolute atomic E-state index is 0.112. The van der Waals surface area contributed by atoms with Crippen molar-refractivity contribution in [1.29, 1.82) is 5.26 Å². The van der Waals surface area contributed by atoms with Gasteiger partial charge in [0.1, 0.15) is 5.69 Å². The summed E-state index contributed by atoms with van der Waals surface area (Å²) in [6, 6.07) is 8.06. The van der Waals surface area contributed by atoms with Gasteiger partial charge in [0.05, 0.1) is 16.9 Å². The molecule has 0 radical (unpaired) electrons. The molecular weight excluding hydrogens is 222 g/mol. The molecule has 1 aromatic rings. The topological polar surface area (TPSA) is 87.2 Å². The van der Waals surface area contributed by atoms with Gasteiger partial charge < -0.3 is 4.90 Å². The molecule has 1 fully saturated rings. The molecule has 1 aromatic carbocycles. The maximum Gasteiger partial charge on any atom is 0.292 e. The van der Waals surface area contributed by atoms with Gasteiger partial charge in [-0.2, -0.15) is 5.26 Å². The van der Waals surface area contributed by atoms with Crippen molar-refractivity contribution < 1.29 is 9.72 Å². The summed E-state index contributed by atoms with van der Waals surface area (Å²) in [5.74, 6) is -0.631. The van der Waals surface area contributed by atoms with Crippen LogP contribution in [0.15, 0.2) is 24.3 Å². The highest BCUT2D eigenvalue weighted by Gasteiger charge is 2.33. The summed E-state index contributed by atoms with van der Waals surface area (Å²) < 4.78 is 0. The average Bonchev–Trinajstić information content (AvgIpc) is 2.70. The Labute approximate surface area is 97.2 Å². The van der Waals surface area contributed by atoms with Gasteiger partial charge in [-0.1, -0.05) is 12.1 Å². The molecule has 2 rings (SSSR count). The molecule has 1 amide bonds. The van der Waals surface area contributed by atoms with Crippen LogP contribution in [0.3, 0.4) is 0 Å². The van der Waals surface area contributed by atoms with Gasteiger partial charge in [-0.15, -0.1) is 0 Å². The zero-order chi connectivity index (χ0) is 12.4. The van der Waals surface area contributed by atoms with Crippen molar-refractivity contribution >= 4 is 17.3 Å². The van der Waals surface area contributed by atoms with Crippen molar-refractivity contribution in [3.05, 3.63) is 34.4 Å². The van der Waals surface area contributed by atoms with Gasteiger partial charge in [0.2, 0.25) is 5.91 Å². The fourth-order valence-electron chi connectivity index (χ4n) is 1.87. The first-order valence-corrected chi connectivity index (χ1v) is 5.07. The molecule has 1 atom stereocenters. The Morgan fingerprint density at radius 2 is 2.18 bits per heavy atom. The van der Waals surface area contributed by atoms with Crippen LogP contribution in [0.4, 0.5) is 11.4 Å². The van der Waals surface area contributed by atoms with Crippen molar-refractivity contribution in [1.82, 2.24) is 0 Å². The maximum absolute atomic E-state index is 11.7. The molecule has 0 aliphatic carbocycles. The SMILES string of the molecule is N#CC1CC(=O)N(c2ccccc2[N+](=O)[O-])C1. The van der Waals surface area contributed by atoms with Gasteiger partial charge in [-0.25, -0.2) is 0 Å². The summed E-state index contributed by atoms with van der Waals surface area (Å²) in [4.78, 5) is 23.3. The first-order valence-electron chi connectivity index (χ1n) is 5.07. The highest BCUT2D eigenvalue weighted by molar-refractivity contribution is 5.98. The predicted molar refractivity (Wildman–Crippen MR) is 59.2 cm³/mol. The van der Waals surface area contributed by atoms with E-state index in [0.717, 1.165) is 0 Å². The van der Waals surface area contributed by atoms with Crippen LogP contribution in [0, 0.1) is 27.4 Å². The first-order chi connectivity index (χ1) is 8.13. The molecule has 6 heteroatoms. The van der Waals surface area contributed by atoms with Crippen molar-refractivity contribution in [2.75, 3.05) is 11.4 Å². The van der Waals surface area contributed by atoms with Gasteiger partial charge in [0.25, 0.3) is 5.69 Å². The lowest BCUT2D eigenvalue weighted by atomic mass is 10.1. The average molecular weight is 231 g/mol. The van der Waals surface area contributed by atoms with Gasteiger partial charge in [0, 0.05) is 19.0 Å². The van der Waals surface area contributed by atoms with Crippen LogP contribution in [0.1, 0.15) is 6.42 Å². The Hall–Kier alpha value is -2.42. The molecule has 0 bridgehead atoms. The molecule has 1 saturated heterocycles. The van der Waals surface area contributed by atoms with Crippen LogP contribution in [0.5, 0.6) is 0 Å². The van der Waals surface area contributed by atoms with Crippen LogP contribution in [0.25, 0.3) is 0 Å². The van der Waals surface area contributed by atoms with E-state index in [0.29, 0.717) is 0 Å². The molecule has 0 spiro atoms. The number of hydrogen-bond donors (Lipinski definition) is 0. The zero-order valence-corrected chi connectivity index (χ0v) is 8.87. The molecule has 1 aliphatic heterocycles. The third kappa shape index (κ3) is 1.95. The number of nitrogens with zero attached hydrogens (tertiary/aromatic N) is 3. The molecule has 6 nitrogen and oxygen atoms in total. The number of nitro groups is 1. The quantitative estimate of drug-likeness (QED) is 0.569. The van der Waals surface area contributed by atoms with E-state index < -0.39 is 4.92 Å². The number of rotatable bonds is 2. The van der Waals surface area contributed by atoms with Crippen LogP contribution < -0.4 is 4.90 Å². The Bertz CT molecular complexity index is 521. The Morgan fingerprint density at radius 1 is 1.47 bits per heavy atom. The number of carbonyl (C=O) groups is 1. The number of carbonyl (C=O) groups excluding carboxylic acids is 1. The maximum atomic E-state index is 11.7. The largest absolute Gasteiger partial charge is 0.305 e. The van der Waals surface area contributed by atoms with Crippen molar-refractivity contribution in [3.63, 3.8) is 0 Å². The second-order valence-electron chi connectivity index (χ2n) is 3.78. The number of nitro benzene ring substituents is 1. The van der Waals surface area contributed by atoms with Crippen molar-refractivity contribution in [2.45, 2.75) is 6.42 Å². The number of benzene rings is 1. The number of para-hydroxylation sites is 2. The van der Waals surface area contributed by atoms with Gasteiger partial charge in [-0.3, -0.25) is 14.9 Å². The number of amides is 1. The fourth-order valence-corrected chi connectivity index (χ4v) is 1.87. The van der Waals surface area contributed by atoms with E-state index in [1.807, 2.05) is 6.07 Å². The van der Waals surface area contributed by atoms with Crippen LogP contribution in [0.2, 0.25) is 0 Å². The van der Waals surface area contributed by atoms with E-state index >= 15 is 0 Å². The van der Waals surface area contributed by atoms with Crippen molar-refractivity contribution in [2.24, 2.45) is 5.92 Å². The van der Waals surface area contributed by atoms with Gasteiger partial charge in [0.15, 0.2) is 0 Å². The summed E-state index contributed by atoms with van der Waals surface area (Å²) in [6.07, 6.45) is 0.128. The molecule has 0 N–H and O–H groups in total. The van der Waals surface area contributed by atoms with E-state index in [-0.39, 0.29) is 36.2 Å². The monoisotopic (exact) mass is 231 g/mol. The highest BCUT2D eigenvalue weighted by atomic mass is 16.6. The molecule has 0 aromatic heterocycles. The minimum atomic E-state index is -0.525. The summed E-state index contributed by atoms with van der Waals surface area (Å²) in [5.41, 5.74) is 0.152. The molecule has 86 valence electrons. The van der Waals surface area contributed by atoms with E-state index in [2.05, 4.69) is 0 Å². The molecule has 1 heterocycles. The number of hydrogen-bond acceptors (Lipinski definition) is 4. The standard InChI is InChI=1S/C11H9N3O3/c12-6-8-5-11(15)13(7-8)9-3-1-2-4-10(9)14(16)17/h1-4,8H,5,7H2. The second-order valence-corrected chi connectivity index (χ2v) is 3.78. The third-order valence-electron chi connectivity index (χ3n) is 2.68. The molecule has 1 unspecified atom stereocenters. The Morgan fingerprint density at radius 3 is 2.76 bits per heavy atom. The van der Waals surface area contributed by atoms with Crippen molar-refractivity contribution in [3.8, 4) is 6.07 Å².